The summed E-state index contributed by atoms with van der Waals surface area (Å²) in [6.07, 6.45) is 2.02. The maximum atomic E-state index is 12.4. The molecule has 1 aromatic carbocycles. The third-order valence-corrected chi connectivity index (χ3v) is 4.90. The molecule has 0 spiro atoms. The van der Waals surface area contributed by atoms with Crippen LogP contribution in [0.15, 0.2) is 17.0 Å². The van der Waals surface area contributed by atoms with Crippen molar-refractivity contribution in [1.82, 2.24) is 4.90 Å². The summed E-state index contributed by atoms with van der Waals surface area (Å²) >= 11 is 0. The fraction of sp³-hybridized carbons (Fsp3) is 0.462. The van der Waals surface area contributed by atoms with Crippen LogP contribution in [-0.4, -0.2) is 32.3 Å². The average Bonchev–Trinajstić information content (AvgIpc) is 3.13. The molecule has 1 saturated carbocycles. The molecular formula is C13H16ClNO3S. The van der Waals surface area contributed by atoms with Gasteiger partial charge in [-0.1, -0.05) is 0 Å². The number of nitrogens with zero attached hydrogens (tertiary/aromatic N) is 1. The van der Waals surface area contributed by atoms with E-state index in [0.29, 0.717) is 5.56 Å². The minimum absolute atomic E-state index is 0.0233. The monoisotopic (exact) mass is 301 g/mol. The van der Waals surface area contributed by atoms with Crippen molar-refractivity contribution in [3.63, 3.8) is 0 Å². The van der Waals surface area contributed by atoms with Crippen molar-refractivity contribution in [3.8, 4) is 0 Å². The van der Waals surface area contributed by atoms with Gasteiger partial charge in [0.25, 0.3) is 15.0 Å². The first kappa shape index (κ1) is 14.3. The number of hydrogen-bond donors (Lipinski definition) is 0. The van der Waals surface area contributed by atoms with Gasteiger partial charge in [0.1, 0.15) is 0 Å². The molecular weight excluding hydrogens is 286 g/mol. The highest BCUT2D eigenvalue weighted by Gasteiger charge is 2.31. The number of hydrogen-bond acceptors (Lipinski definition) is 3. The lowest BCUT2D eigenvalue weighted by molar-refractivity contribution is 0.0784. The highest BCUT2D eigenvalue weighted by molar-refractivity contribution is 8.13. The lowest BCUT2D eigenvalue weighted by atomic mass is 10.0. The largest absolute Gasteiger partial charge is 0.339 e. The van der Waals surface area contributed by atoms with Gasteiger partial charge in [0, 0.05) is 29.3 Å². The van der Waals surface area contributed by atoms with Crippen molar-refractivity contribution in [3.05, 3.63) is 28.8 Å². The zero-order chi connectivity index (χ0) is 14.4. The molecule has 4 nitrogen and oxygen atoms in total. The van der Waals surface area contributed by atoms with Crippen LogP contribution in [0.2, 0.25) is 0 Å². The van der Waals surface area contributed by atoms with Crippen molar-refractivity contribution < 1.29 is 13.2 Å². The zero-order valence-corrected chi connectivity index (χ0v) is 12.7. The van der Waals surface area contributed by atoms with Gasteiger partial charge in [-0.15, -0.1) is 0 Å². The maximum absolute atomic E-state index is 12.4. The van der Waals surface area contributed by atoms with Gasteiger partial charge in [0.05, 0.1) is 4.90 Å². The Labute approximate surface area is 117 Å². The van der Waals surface area contributed by atoms with E-state index in [2.05, 4.69) is 0 Å². The predicted octanol–water partition coefficient (Wildman–Crippen LogP) is 2.47. The molecule has 1 aliphatic rings. The van der Waals surface area contributed by atoms with Crippen LogP contribution < -0.4 is 0 Å². The molecule has 1 fully saturated rings. The number of benzene rings is 1. The van der Waals surface area contributed by atoms with Crippen LogP contribution in [0.25, 0.3) is 0 Å². The number of halogens is 1. The molecule has 6 heteroatoms. The molecule has 0 unspecified atom stereocenters. The van der Waals surface area contributed by atoms with Crippen molar-refractivity contribution in [2.24, 2.45) is 0 Å². The SMILES string of the molecule is Cc1cc(S(=O)(=O)Cl)cc(C(=O)N(C)C2CC2)c1C. The molecule has 0 radical (unpaired) electrons. The molecule has 0 N–H and O–H groups in total. The van der Waals surface area contributed by atoms with E-state index in [1.54, 1.807) is 18.9 Å². The molecule has 0 aliphatic heterocycles. The van der Waals surface area contributed by atoms with Crippen LogP contribution in [0.5, 0.6) is 0 Å². The average molecular weight is 302 g/mol. The Morgan fingerprint density at radius 1 is 1.32 bits per heavy atom. The molecule has 0 atom stereocenters. The second-order valence-electron chi connectivity index (χ2n) is 5.00. The Morgan fingerprint density at radius 2 is 1.89 bits per heavy atom. The highest BCUT2D eigenvalue weighted by Crippen LogP contribution is 2.29. The Hall–Kier alpha value is -1.07. The van der Waals surface area contributed by atoms with Gasteiger partial charge in [0.2, 0.25) is 0 Å². The van der Waals surface area contributed by atoms with Gasteiger partial charge in [-0.05, 0) is 49.9 Å². The van der Waals surface area contributed by atoms with E-state index < -0.39 is 9.05 Å². The molecule has 1 amide bonds. The third-order valence-electron chi connectivity index (χ3n) is 3.57. The van der Waals surface area contributed by atoms with Crippen LogP contribution in [-0.2, 0) is 9.05 Å². The minimum atomic E-state index is -3.83. The number of carbonyl (C=O) groups is 1. The lowest BCUT2D eigenvalue weighted by Crippen LogP contribution is -2.29. The summed E-state index contributed by atoms with van der Waals surface area (Å²) in [4.78, 5) is 14.0. The Morgan fingerprint density at radius 3 is 2.37 bits per heavy atom. The molecule has 0 saturated heterocycles. The number of amides is 1. The third kappa shape index (κ3) is 2.92. The Bertz CT molecular complexity index is 636. The summed E-state index contributed by atoms with van der Waals surface area (Å²) in [5.41, 5.74) is 1.95. The smallest absolute Gasteiger partial charge is 0.261 e. The van der Waals surface area contributed by atoms with E-state index in [1.165, 1.54) is 12.1 Å². The first-order valence-corrected chi connectivity index (χ1v) is 8.36. The van der Waals surface area contributed by atoms with Crippen LogP contribution in [0.1, 0.15) is 34.3 Å². The fourth-order valence-corrected chi connectivity index (χ4v) is 2.85. The van der Waals surface area contributed by atoms with Crippen molar-refractivity contribution in [2.45, 2.75) is 37.6 Å². The first-order chi connectivity index (χ1) is 8.71. The summed E-state index contributed by atoms with van der Waals surface area (Å²) in [6.45, 7) is 3.59. The topological polar surface area (TPSA) is 54.5 Å². The molecule has 0 aromatic heterocycles. The van der Waals surface area contributed by atoms with Crippen LogP contribution in [0, 0.1) is 13.8 Å². The lowest BCUT2D eigenvalue weighted by Gasteiger charge is -2.19. The predicted molar refractivity (Wildman–Crippen MR) is 74.1 cm³/mol. The minimum Gasteiger partial charge on any atom is -0.339 e. The normalized spacial score (nSPS) is 15.4. The quantitative estimate of drug-likeness (QED) is 0.806. The second kappa shape index (κ2) is 4.80. The van der Waals surface area contributed by atoms with Gasteiger partial charge >= 0.3 is 0 Å². The Balaban J connectivity index is 2.49. The van der Waals surface area contributed by atoms with Gasteiger partial charge in [-0.3, -0.25) is 4.79 Å². The van der Waals surface area contributed by atoms with Gasteiger partial charge in [0.15, 0.2) is 0 Å². The summed E-state index contributed by atoms with van der Waals surface area (Å²) in [6, 6.07) is 3.14. The van der Waals surface area contributed by atoms with Gasteiger partial charge < -0.3 is 4.90 Å². The molecule has 0 bridgehead atoms. The van der Waals surface area contributed by atoms with Crippen molar-refractivity contribution in [2.75, 3.05) is 7.05 Å². The van der Waals surface area contributed by atoms with Crippen LogP contribution in [0.3, 0.4) is 0 Å². The highest BCUT2D eigenvalue weighted by atomic mass is 35.7. The summed E-state index contributed by atoms with van der Waals surface area (Å²) in [7, 11) is 3.28. The van der Waals surface area contributed by atoms with E-state index in [1.807, 2.05) is 6.92 Å². The molecule has 1 aliphatic carbocycles. The molecule has 1 aromatic rings. The maximum Gasteiger partial charge on any atom is 0.261 e. The van der Waals surface area contributed by atoms with Crippen molar-refractivity contribution >= 4 is 25.6 Å². The van der Waals surface area contributed by atoms with E-state index >= 15 is 0 Å². The van der Waals surface area contributed by atoms with Gasteiger partial charge in [-0.25, -0.2) is 8.42 Å². The van der Waals surface area contributed by atoms with E-state index in [9.17, 15) is 13.2 Å². The van der Waals surface area contributed by atoms with Crippen molar-refractivity contribution in [1.29, 1.82) is 0 Å². The summed E-state index contributed by atoms with van der Waals surface area (Å²) < 4.78 is 22.9. The molecule has 2 rings (SSSR count). The van der Waals surface area contributed by atoms with E-state index in [4.69, 9.17) is 10.7 Å². The number of carbonyl (C=O) groups excluding carboxylic acids is 1. The Kier molecular flexibility index (Phi) is 3.62. The van der Waals surface area contributed by atoms with Gasteiger partial charge in [-0.2, -0.15) is 0 Å². The number of rotatable bonds is 3. The summed E-state index contributed by atoms with van der Waals surface area (Å²) in [5.74, 6) is -0.148. The van der Waals surface area contributed by atoms with Crippen LogP contribution in [0.4, 0.5) is 0 Å². The zero-order valence-electron chi connectivity index (χ0n) is 11.1. The summed E-state index contributed by atoms with van der Waals surface area (Å²) in [5, 5.41) is 0. The van der Waals surface area contributed by atoms with Crippen LogP contribution >= 0.6 is 10.7 Å². The van der Waals surface area contributed by atoms with E-state index in [0.717, 1.165) is 24.0 Å². The molecule has 104 valence electrons. The first-order valence-electron chi connectivity index (χ1n) is 6.05. The molecule has 19 heavy (non-hydrogen) atoms. The molecule has 0 heterocycles. The van der Waals surface area contributed by atoms with E-state index in [-0.39, 0.29) is 16.8 Å². The standard InChI is InChI=1S/C13H16ClNO3S/c1-8-6-11(19(14,17)18)7-12(9(8)2)13(16)15(3)10-4-5-10/h6-7,10H,4-5H2,1-3H3. The second-order valence-corrected chi connectivity index (χ2v) is 7.56. The number of aryl methyl sites for hydroxylation is 1. The fourth-order valence-electron chi connectivity index (χ4n) is 2.01.